The number of halogens is 2. The Morgan fingerprint density at radius 1 is 0.800 bits per heavy atom. The van der Waals surface area contributed by atoms with Gasteiger partial charge in [-0.2, -0.15) is 5.26 Å². The van der Waals surface area contributed by atoms with Crippen LogP contribution in [0.25, 0.3) is 21.9 Å². The summed E-state index contributed by atoms with van der Waals surface area (Å²) in [7, 11) is 0. The molecule has 3 heteroatoms. The van der Waals surface area contributed by atoms with Gasteiger partial charge >= 0.3 is 0 Å². The van der Waals surface area contributed by atoms with E-state index in [2.05, 4.69) is 0 Å². The van der Waals surface area contributed by atoms with E-state index in [4.69, 9.17) is 5.26 Å². The highest BCUT2D eigenvalue weighted by atomic mass is 19.1. The summed E-state index contributed by atoms with van der Waals surface area (Å²) in [6.45, 7) is 0. The van der Waals surface area contributed by atoms with Crippen LogP contribution in [0, 0.1) is 23.0 Å². The Morgan fingerprint density at radius 3 is 2.35 bits per heavy atom. The summed E-state index contributed by atoms with van der Waals surface area (Å²) in [6, 6.07) is 16.6. The number of hydrogen-bond donors (Lipinski definition) is 0. The third kappa shape index (κ3) is 1.92. The fourth-order valence-electron chi connectivity index (χ4n) is 2.30. The van der Waals surface area contributed by atoms with Crippen LogP contribution in [0.4, 0.5) is 8.78 Å². The van der Waals surface area contributed by atoms with Crippen molar-refractivity contribution in [2.24, 2.45) is 0 Å². The van der Waals surface area contributed by atoms with Crippen LogP contribution >= 0.6 is 0 Å². The van der Waals surface area contributed by atoms with Gasteiger partial charge in [-0.1, -0.05) is 42.5 Å². The fourth-order valence-corrected chi connectivity index (χ4v) is 2.30. The average Bonchev–Trinajstić information content (AvgIpc) is 2.48. The van der Waals surface area contributed by atoms with E-state index in [1.807, 2.05) is 30.3 Å². The van der Waals surface area contributed by atoms with Gasteiger partial charge < -0.3 is 0 Å². The van der Waals surface area contributed by atoms with Crippen molar-refractivity contribution in [3.8, 4) is 17.2 Å². The third-order valence-corrected chi connectivity index (χ3v) is 3.26. The van der Waals surface area contributed by atoms with E-state index in [1.54, 1.807) is 18.2 Å². The van der Waals surface area contributed by atoms with Crippen molar-refractivity contribution in [3.05, 3.63) is 71.8 Å². The van der Waals surface area contributed by atoms with Gasteiger partial charge in [0, 0.05) is 5.56 Å². The SMILES string of the molecule is N#Cc1cc(F)c(-c2cccc3ccccc23)cc1F. The second-order valence-corrected chi connectivity index (χ2v) is 4.45. The summed E-state index contributed by atoms with van der Waals surface area (Å²) in [6.07, 6.45) is 0. The lowest BCUT2D eigenvalue weighted by Gasteiger charge is -2.08. The molecule has 0 spiro atoms. The molecule has 0 unspecified atom stereocenters. The third-order valence-electron chi connectivity index (χ3n) is 3.26. The number of nitriles is 1. The van der Waals surface area contributed by atoms with Crippen molar-refractivity contribution in [1.29, 1.82) is 5.26 Å². The maximum Gasteiger partial charge on any atom is 0.141 e. The lowest BCUT2D eigenvalue weighted by molar-refractivity contribution is 0.600. The van der Waals surface area contributed by atoms with Gasteiger partial charge in [-0.15, -0.1) is 0 Å². The molecule has 20 heavy (non-hydrogen) atoms. The molecule has 0 fully saturated rings. The van der Waals surface area contributed by atoms with Crippen LogP contribution in [-0.2, 0) is 0 Å². The molecule has 0 aliphatic heterocycles. The summed E-state index contributed by atoms with van der Waals surface area (Å²) in [4.78, 5) is 0. The Balaban J connectivity index is 2.32. The second-order valence-electron chi connectivity index (χ2n) is 4.45. The van der Waals surface area contributed by atoms with Crippen LogP contribution in [-0.4, -0.2) is 0 Å². The quantitative estimate of drug-likeness (QED) is 0.628. The van der Waals surface area contributed by atoms with Crippen molar-refractivity contribution in [3.63, 3.8) is 0 Å². The Hall–Kier alpha value is -2.73. The number of hydrogen-bond acceptors (Lipinski definition) is 1. The lowest BCUT2D eigenvalue weighted by atomic mass is 9.97. The summed E-state index contributed by atoms with van der Waals surface area (Å²) >= 11 is 0. The van der Waals surface area contributed by atoms with Crippen LogP contribution in [0.2, 0.25) is 0 Å². The molecule has 0 aromatic heterocycles. The van der Waals surface area contributed by atoms with Crippen molar-refractivity contribution >= 4 is 10.8 Å². The van der Waals surface area contributed by atoms with E-state index in [-0.39, 0.29) is 11.1 Å². The van der Waals surface area contributed by atoms with Crippen molar-refractivity contribution in [2.45, 2.75) is 0 Å². The number of nitrogens with zero attached hydrogens (tertiary/aromatic N) is 1. The van der Waals surface area contributed by atoms with E-state index in [0.29, 0.717) is 5.56 Å². The van der Waals surface area contributed by atoms with Crippen molar-refractivity contribution in [1.82, 2.24) is 0 Å². The first-order chi connectivity index (χ1) is 9.70. The summed E-state index contributed by atoms with van der Waals surface area (Å²) < 4.78 is 27.8. The summed E-state index contributed by atoms with van der Waals surface area (Å²) in [5.41, 5.74) is 0.494. The molecule has 0 amide bonds. The smallest absolute Gasteiger partial charge is 0.141 e. The molecule has 3 rings (SSSR count). The molecule has 0 saturated heterocycles. The zero-order valence-electron chi connectivity index (χ0n) is 10.4. The zero-order chi connectivity index (χ0) is 14.1. The highest BCUT2D eigenvalue weighted by Crippen LogP contribution is 2.31. The van der Waals surface area contributed by atoms with Crippen LogP contribution in [0.3, 0.4) is 0 Å². The largest absolute Gasteiger partial charge is 0.206 e. The topological polar surface area (TPSA) is 23.8 Å². The van der Waals surface area contributed by atoms with E-state index >= 15 is 0 Å². The van der Waals surface area contributed by atoms with E-state index in [1.165, 1.54) is 0 Å². The maximum absolute atomic E-state index is 14.1. The Kier molecular flexibility index (Phi) is 2.92. The first-order valence-corrected chi connectivity index (χ1v) is 6.08. The normalized spacial score (nSPS) is 10.4. The van der Waals surface area contributed by atoms with E-state index < -0.39 is 11.6 Å². The summed E-state index contributed by atoms with van der Waals surface area (Å²) in [5.74, 6) is -1.31. The minimum atomic E-state index is -0.711. The molecule has 0 N–H and O–H groups in total. The standard InChI is InChI=1S/C17H9F2N/c18-16-9-15(17(19)8-12(16)10-20)14-7-3-5-11-4-1-2-6-13(11)14/h1-9H. The molecule has 0 atom stereocenters. The molecular formula is C17H9F2N. The van der Waals surface area contributed by atoms with Gasteiger partial charge in [0.2, 0.25) is 0 Å². The predicted octanol–water partition coefficient (Wildman–Crippen LogP) is 4.66. The Morgan fingerprint density at radius 2 is 1.55 bits per heavy atom. The first-order valence-electron chi connectivity index (χ1n) is 6.08. The van der Waals surface area contributed by atoms with Crippen molar-refractivity contribution in [2.75, 3.05) is 0 Å². The predicted molar refractivity (Wildman–Crippen MR) is 74.0 cm³/mol. The van der Waals surface area contributed by atoms with E-state index in [0.717, 1.165) is 22.9 Å². The van der Waals surface area contributed by atoms with Gasteiger partial charge in [-0.05, 0) is 28.5 Å². The molecule has 3 aromatic rings. The van der Waals surface area contributed by atoms with Gasteiger partial charge in [0.25, 0.3) is 0 Å². The lowest BCUT2D eigenvalue weighted by Crippen LogP contribution is -1.92. The highest BCUT2D eigenvalue weighted by molar-refractivity contribution is 5.96. The van der Waals surface area contributed by atoms with Gasteiger partial charge in [-0.25, -0.2) is 8.78 Å². The minimum Gasteiger partial charge on any atom is -0.206 e. The fraction of sp³-hybridized carbons (Fsp3) is 0. The van der Waals surface area contributed by atoms with Gasteiger partial charge in [0.05, 0.1) is 5.56 Å². The molecule has 0 radical (unpaired) electrons. The maximum atomic E-state index is 14.1. The van der Waals surface area contributed by atoms with Gasteiger partial charge in [-0.3, -0.25) is 0 Å². The molecule has 0 bridgehead atoms. The Labute approximate surface area is 114 Å². The number of benzene rings is 3. The zero-order valence-corrected chi connectivity index (χ0v) is 10.4. The van der Waals surface area contributed by atoms with E-state index in [9.17, 15) is 8.78 Å². The molecular weight excluding hydrogens is 256 g/mol. The first kappa shape index (κ1) is 12.3. The molecule has 3 aromatic carbocycles. The highest BCUT2D eigenvalue weighted by Gasteiger charge is 2.13. The molecule has 0 aliphatic rings. The van der Waals surface area contributed by atoms with Gasteiger partial charge in [0.1, 0.15) is 17.7 Å². The Bertz CT molecular complexity index is 842. The minimum absolute atomic E-state index is 0.165. The number of fused-ring (bicyclic) bond motifs is 1. The van der Waals surface area contributed by atoms with Crippen LogP contribution in [0.1, 0.15) is 5.56 Å². The molecule has 0 saturated carbocycles. The molecule has 0 aliphatic carbocycles. The second kappa shape index (κ2) is 4.75. The monoisotopic (exact) mass is 265 g/mol. The van der Waals surface area contributed by atoms with Crippen LogP contribution < -0.4 is 0 Å². The molecule has 1 nitrogen and oxygen atoms in total. The number of rotatable bonds is 1. The summed E-state index contributed by atoms with van der Waals surface area (Å²) in [5, 5.41) is 10.5. The van der Waals surface area contributed by atoms with Gasteiger partial charge in [0.15, 0.2) is 0 Å². The van der Waals surface area contributed by atoms with Crippen molar-refractivity contribution < 1.29 is 8.78 Å². The van der Waals surface area contributed by atoms with Crippen LogP contribution in [0.5, 0.6) is 0 Å². The van der Waals surface area contributed by atoms with Crippen LogP contribution in [0.15, 0.2) is 54.6 Å². The average molecular weight is 265 g/mol. The molecule has 0 heterocycles. The molecule has 96 valence electrons.